The molecule has 0 aliphatic heterocycles. The van der Waals surface area contributed by atoms with Crippen LogP contribution in [0.5, 0.6) is 0 Å². The molecule has 32 heavy (non-hydrogen) atoms. The van der Waals surface area contributed by atoms with Crippen LogP contribution in [0.15, 0.2) is 94.5 Å². The molecule has 1 aromatic rings. The van der Waals surface area contributed by atoms with Gasteiger partial charge in [-0.1, -0.05) is 55.5 Å². The Morgan fingerprint density at radius 3 is 2.31 bits per heavy atom. The molecular formula is C26H37N3O3. The minimum absolute atomic E-state index is 0.109. The summed E-state index contributed by atoms with van der Waals surface area (Å²) >= 11 is 0. The minimum Gasteiger partial charge on any atom is -0.497 e. The summed E-state index contributed by atoms with van der Waals surface area (Å²) in [6.45, 7) is 9.89. The molecule has 0 aromatic heterocycles. The molecule has 1 N–H and O–H groups in total. The van der Waals surface area contributed by atoms with E-state index in [1.165, 1.54) is 0 Å². The number of ether oxygens (including phenoxy) is 1. The Labute approximate surface area is 193 Å². The van der Waals surface area contributed by atoms with E-state index in [1.54, 1.807) is 43.4 Å². The van der Waals surface area contributed by atoms with Crippen molar-refractivity contribution in [2.24, 2.45) is 10.3 Å². The van der Waals surface area contributed by atoms with Crippen molar-refractivity contribution in [3.05, 3.63) is 89.8 Å². The highest BCUT2D eigenvalue weighted by molar-refractivity contribution is 5.88. The fraction of sp³-hybridized carbons (Fsp3) is 0.346. The number of hydrogen-bond donors (Lipinski definition) is 1. The van der Waals surface area contributed by atoms with E-state index in [0.717, 1.165) is 23.4 Å². The molecule has 0 fully saturated rings. The van der Waals surface area contributed by atoms with Crippen LogP contribution in [0.3, 0.4) is 0 Å². The first-order valence-electron chi connectivity index (χ1n) is 10.8. The van der Waals surface area contributed by atoms with Gasteiger partial charge in [0, 0.05) is 7.05 Å². The van der Waals surface area contributed by atoms with Gasteiger partial charge in [0.2, 0.25) is 0 Å². The summed E-state index contributed by atoms with van der Waals surface area (Å²) in [5, 5.41) is 19.0. The average Bonchev–Trinajstić information content (AvgIpc) is 2.81. The number of benzene rings is 1. The number of carbonyl (C=O) groups is 1. The number of anilines is 1. The zero-order chi connectivity index (χ0) is 24.4. The Hall–Kier alpha value is -3.41. The third kappa shape index (κ3) is 11.7. The van der Waals surface area contributed by atoms with Crippen molar-refractivity contribution in [1.29, 1.82) is 0 Å². The van der Waals surface area contributed by atoms with Gasteiger partial charge in [-0.15, -0.1) is 0 Å². The minimum atomic E-state index is -0.953. The predicted molar refractivity (Wildman–Crippen MR) is 134 cm³/mol. The largest absolute Gasteiger partial charge is 0.497 e. The third-order valence-electron chi connectivity index (χ3n) is 4.04. The van der Waals surface area contributed by atoms with E-state index >= 15 is 0 Å². The molecular weight excluding hydrogens is 402 g/mol. The quantitative estimate of drug-likeness (QED) is 0.172. The van der Waals surface area contributed by atoms with Gasteiger partial charge in [0.15, 0.2) is 0 Å². The van der Waals surface area contributed by atoms with Crippen LogP contribution in [0.1, 0.15) is 51.4 Å². The molecule has 6 nitrogen and oxygen atoms in total. The van der Waals surface area contributed by atoms with E-state index in [2.05, 4.69) is 16.4 Å². The zero-order valence-corrected chi connectivity index (χ0v) is 20.3. The van der Waals surface area contributed by atoms with Gasteiger partial charge in [0.25, 0.3) is 0 Å². The van der Waals surface area contributed by atoms with E-state index < -0.39 is 5.97 Å². The highest BCUT2D eigenvalue weighted by Crippen LogP contribution is 2.15. The predicted octanol–water partition coefficient (Wildman–Crippen LogP) is 7.16. The Kier molecular flexibility index (Phi) is 15.4. The molecule has 0 saturated carbocycles. The number of carboxylic acid groups (broad SMARTS) is 1. The van der Waals surface area contributed by atoms with Crippen LogP contribution >= 0.6 is 0 Å². The van der Waals surface area contributed by atoms with E-state index in [4.69, 9.17) is 9.84 Å². The lowest BCUT2D eigenvalue weighted by Gasteiger charge is -2.12. The Balaban J connectivity index is 0.00000466. The number of methoxy groups -OCH3 is 1. The number of nitrogens with zero attached hydrogens (tertiary/aromatic N) is 3. The Morgan fingerprint density at radius 1 is 1.16 bits per heavy atom. The van der Waals surface area contributed by atoms with Gasteiger partial charge in [-0.3, -0.25) is 5.01 Å². The molecule has 1 atom stereocenters. The SMILES string of the molecule is C/C=C\C(=CCC(/C=C\C)=C/C=C/C(C)N=NN(C)c1ccc(C(=O)O)cc1)OC.CC. The maximum atomic E-state index is 10.9. The lowest BCUT2D eigenvalue weighted by atomic mass is 10.1. The summed E-state index contributed by atoms with van der Waals surface area (Å²) in [4.78, 5) is 10.9. The van der Waals surface area contributed by atoms with Gasteiger partial charge in [0.05, 0.1) is 24.4 Å². The first kappa shape index (κ1) is 28.6. The molecule has 6 heteroatoms. The van der Waals surface area contributed by atoms with Gasteiger partial charge in [0.1, 0.15) is 5.76 Å². The molecule has 0 saturated heterocycles. The first-order chi connectivity index (χ1) is 15.4. The van der Waals surface area contributed by atoms with Crippen molar-refractivity contribution in [2.75, 3.05) is 19.2 Å². The van der Waals surface area contributed by atoms with Crippen molar-refractivity contribution >= 4 is 11.7 Å². The second-order valence-electron chi connectivity index (χ2n) is 6.46. The van der Waals surface area contributed by atoms with Crippen LogP contribution in [0, 0.1) is 0 Å². The number of carboxylic acids is 1. The maximum absolute atomic E-state index is 10.9. The molecule has 1 rings (SSSR count). The lowest BCUT2D eigenvalue weighted by molar-refractivity contribution is 0.0697. The van der Waals surface area contributed by atoms with Gasteiger partial charge in [-0.25, -0.2) is 4.79 Å². The molecule has 0 bridgehead atoms. The third-order valence-corrected chi connectivity index (χ3v) is 4.04. The molecule has 1 aromatic carbocycles. The Morgan fingerprint density at radius 2 is 1.78 bits per heavy atom. The fourth-order valence-electron chi connectivity index (χ4n) is 2.42. The second kappa shape index (κ2) is 17.3. The summed E-state index contributed by atoms with van der Waals surface area (Å²) in [5.41, 5.74) is 2.15. The smallest absolute Gasteiger partial charge is 0.335 e. The standard InChI is InChI=1S/C24H31N3O3.C2H6/c1-6-9-20(13-18-23(30-5)10-7-2)12-8-11-19(3)25-26-27(4)22-16-14-21(15-17-22)24(28)29;1-2/h6-12,14-19H,13H2,1-5H3,(H,28,29);1-2H3/b9-6-,10-7-,11-8+,20-12+,23-18?,26-25?;. The summed E-state index contributed by atoms with van der Waals surface area (Å²) in [5.74, 6) is -0.121. The Bertz CT molecular complexity index is 848. The normalized spacial score (nSPS) is 13.6. The second-order valence-corrected chi connectivity index (χ2v) is 6.46. The van der Waals surface area contributed by atoms with E-state index in [1.807, 2.05) is 77.2 Å². The van der Waals surface area contributed by atoms with Crippen LogP contribution in [0.2, 0.25) is 0 Å². The maximum Gasteiger partial charge on any atom is 0.335 e. The molecule has 1 unspecified atom stereocenters. The summed E-state index contributed by atoms with van der Waals surface area (Å²) in [6.07, 6.45) is 16.7. The molecule has 0 aliphatic rings. The highest BCUT2D eigenvalue weighted by Gasteiger charge is 2.04. The summed E-state index contributed by atoms with van der Waals surface area (Å²) < 4.78 is 5.31. The van der Waals surface area contributed by atoms with Crippen molar-refractivity contribution in [3.8, 4) is 0 Å². The molecule has 0 aliphatic carbocycles. The van der Waals surface area contributed by atoms with Gasteiger partial charge in [-0.2, -0.15) is 5.11 Å². The van der Waals surface area contributed by atoms with Crippen molar-refractivity contribution in [2.45, 2.75) is 47.1 Å². The molecule has 0 amide bonds. The van der Waals surface area contributed by atoms with Gasteiger partial charge in [-0.05, 0) is 69.2 Å². The average molecular weight is 440 g/mol. The number of hydrogen-bond acceptors (Lipinski definition) is 4. The van der Waals surface area contributed by atoms with Crippen molar-refractivity contribution < 1.29 is 14.6 Å². The number of rotatable bonds is 11. The summed E-state index contributed by atoms with van der Waals surface area (Å²) in [6, 6.07) is 6.37. The first-order valence-corrected chi connectivity index (χ1v) is 10.8. The summed E-state index contributed by atoms with van der Waals surface area (Å²) in [7, 11) is 3.43. The van der Waals surface area contributed by atoms with E-state index in [9.17, 15) is 4.79 Å². The molecule has 0 radical (unpaired) electrons. The fourth-order valence-corrected chi connectivity index (χ4v) is 2.42. The van der Waals surface area contributed by atoms with Crippen LogP contribution in [-0.4, -0.2) is 31.3 Å². The molecule has 0 heterocycles. The van der Waals surface area contributed by atoms with Crippen LogP contribution < -0.4 is 5.01 Å². The van der Waals surface area contributed by atoms with Crippen LogP contribution in [0.25, 0.3) is 0 Å². The van der Waals surface area contributed by atoms with Crippen LogP contribution in [0.4, 0.5) is 5.69 Å². The number of allylic oxidation sites excluding steroid dienone is 8. The topological polar surface area (TPSA) is 74.5 Å². The lowest BCUT2D eigenvalue weighted by Crippen LogP contribution is -2.09. The van der Waals surface area contributed by atoms with Gasteiger partial charge >= 0.3 is 5.97 Å². The molecule has 0 spiro atoms. The van der Waals surface area contributed by atoms with Crippen molar-refractivity contribution in [3.63, 3.8) is 0 Å². The van der Waals surface area contributed by atoms with E-state index in [-0.39, 0.29) is 11.6 Å². The zero-order valence-electron chi connectivity index (χ0n) is 20.3. The molecule has 174 valence electrons. The number of aromatic carboxylic acids is 1. The van der Waals surface area contributed by atoms with Gasteiger partial charge < -0.3 is 9.84 Å². The highest BCUT2D eigenvalue weighted by atomic mass is 16.5. The monoisotopic (exact) mass is 439 g/mol. The van der Waals surface area contributed by atoms with Crippen molar-refractivity contribution in [1.82, 2.24) is 0 Å². The van der Waals surface area contributed by atoms with E-state index in [0.29, 0.717) is 0 Å². The van der Waals surface area contributed by atoms with Crippen LogP contribution in [-0.2, 0) is 4.74 Å².